The number of piperidine rings is 1. The zero-order valence-corrected chi connectivity index (χ0v) is 17.9. The molecule has 1 saturated heterocycles. The van der Waals surface area contributed by atoms with Crippen LogP contribution in [0.2, 0.25) is 0 Å². The average Bonchev–Trinajstić information content (AvgIpc) is 2.52. The molecule has 150 valence electrons. The minimum absolute atomic E-state index is 0.0200. The molecule has 0 unspecified atom stereocenters. The topological polar surface area (TPSA) is 12.5 Å². The van der Waals surface area contributed by atoms with Crippen LogP contribution in [0.3, 0.4) is 0 Å². The number of nitrogens with zero attached hydrogens (tertiary/aromatic N) is 1. The molecule has 0 aromatic heterocycles. The lowest BCUT2D eigenvalue weighted by atomic mass is 9.70. The number of halogens is 1. The second kappa shape index (κ2) is 9.07. The van der Waals surface area contributed by atoms with Crippen molar-refractivity contribution in [3.05, 3.63) is 0 Å². The van der Waals surface area contributed by atoms with Crippen LogP contribution in [0.5, 0.6) is 0 Å². The Bertz CT molecular complexity index is 485. The number of ether oxygens (including phenoxy) is 1. The Morgan fingerprint density at radius 1 is 1.00 bits per heavy atom. The van der Waals surface area contributed by atoms with E-state index >= 15 is 0 Å². The van der Waals surface area contributed by atoms with Crippen molar-refractivity contribution in [2.45, 2.75) is 85.9 Å². The maximum absolute atomic E-state index is 14.5. The van der Waals surface area contributed by atoms with Crippen molar-refractivity contribution in [2.75, 3.05) is 26.2 Å². The third-order valence-electron chi connectivity index (χ3n) is 5.99. The first-order valence-electron chi connectivity index (χ1n) is 10.5. The van der Waals surface area contributed by atoms with Crippen LogP contribution in [0.15, 0.2) is 0 Å². The molecule has 2 aliphatic rings. The largest absolute Gasteiger partial charge is 0.362 e. The second-order valence-corrected chi connectivity index (χ2v) is 10.5. The summed E-state index contributed by atoms with van der Waals surface area (Å²) in [4.78, 5) is 2.33. The number of likely N-dealkylation sites (tertiary alicyclic amines) is 1. The van der Waals surface area contributed by atoms with E-state index in [9.17, 15) is 4.39 Å². The molecule has 0 radical (unpaired) electrons. The third kappa shape index (κ3) is 7.20. The highest BCUT2D eigenvalue weighted by Gasteiger charge is 2.33. The summed E-state index contributed by atoms with van der Waals surface area (Å²) in [6.07, 6.45) is 4.90. The van der Waals surface area contributed by atoms with Crippen LogP contribution in [0.1, 0.15) is 73.6 Å². The van der Waals surface area contributed by atoms with Crippen molar-refractivity contribution in [2.24, 2.45) is 22.7 Å². The highest BCUT2D eigenvalue weighted by atomic mass is 19.1. The molecule has 1 aliphatic heterocycles. The zero-order valence-electron chi connectivity index (χ0n) is 17.9. The highest BCUT2D eigenvalue weighted by molar-refractivity contribution is 5.07. The van der Waals surface area contributed by atoms with Gasteiger partial charge in [-0.3, -0.25) is 4.90 Å². The van der Waals surface area contributed by atoms with Gasteiger partial charge in [-0.2, -0.15) is 0 Å². The highest BCUT2D eigenvalue weighted by Crippen LogP contribution is 2.40. The fraction of sp³-hybridized carbons (Fsp3) is 0.913. The molecule has 0 spiro atoms. The molecule has 2 fully saturated rings. The molecule has 1 aliphatic carbocycles. The fourth-order valence-corrected chi connectivity index (χ4v) is 4.33. The Kier molecular flexibility index (Phi) is 7.57. The Morgan fingerprint density at radius 3 is 2.19 bits per heavy atom. The van der Waals surface area contributed by atoms with Crippen molar-refractivity contribution >= 4 is 0 Å². The summed E-state index contributed by atoms with van der Waals surface area (Å²) in [5.41, 5.74) is 0.411. The van der Waals surface area contributed by atoms with Crippen LogP contribution in [-0.4, -0.2) is 43.4 Å². The Balaban J connectivity index is 1.69. The summed E-state index contributed by atoms with van der Waals surface area (Å²) in [6, 6.07) is 0. The van der Waals surface area contributed by atoms with Crippen molar-refractivity contribution in [1.82, 2.24) is 4.90 Å². The summed E-state index contributed by atoms with van der Waals surface area (Å²) < 4.78 is 20.2. The number of rotatable bonds is 4. The van der Waals surface area contributed by atoms with E-state index in [1.807, 2.05) is 0 Å². The first-order chi connectivity index (χ1) is 12.0. The number of alkyl halides is 1. The normalized spacial score (nSPS) is 31.3. The number of hydrogen-bond acceptors (Lipinski definition) is 2. The molecular formula is C23H40FNO. The van der Waals surface area contributed by atoms with Gasteiger partial charge < -0.3 is 4.74 Å². The third-order valence-corrected chi connectivity index (χ3v) is 5.99. The van der Waals surface area contributed by atoms with Gasteiger partial charge in [-0.15, -0.1) is 0 Å². The molecule has 2 rings (SSSR count). The van der Waals surface area contributed by atoms with Gasteiger partial charge in [0.2, 0.25) is 0 Å². The summed E-state index contributed by atoms with van der Waals surface area (Å²) in [5, 5.41) is 0. The summed E-state index contributed by atoms with van der Waals surface area (Å²) >= 11 is 0. The van der Waals surface area contributed by atoms with E-state index in [2.05, 4.69) is 58.3 Å². The summed E-state index contributed by atoms with van der Waals surface area (Å²) in [5.74, 6) is 7.77. The van der Waals surface area contributed by atoms with Crippen molar-refractivity contribution < 1.29 is 9.13 Å². The summed E-state index contributed by atoms with van der Waals surface area (Å²) in [6.45, 7) is 16.2. The van der Waals surface area contributed by atoms with Crippen LogP contribution in [0, 0.1) is 34.5 Å². The van der Waals surface area contributed by atoms with E-state index in [0.717, 1.165) is 31.3 Å². The Labute approximate surface area is 161 Å². The monoisotopic (exact) mass is 365 g/mol. The van der Waals surface area contributed by atoms with Gasteiger partial charge in [0.25, 0.3) is 0 Å². The predicted molar refractivity (Wildman–Crippen MR) is 108 cm³/mol. The molecule has 0 aromatic rings. The molecule has 1 heterocycles. The number of hydrogen-bond donors (Lipinski definition) is 0. The van der Waals surface area contributed by atoms with Gasteiger partial charge in [0.1, 0.15) is 12.8 Å². The van der Waals surface area contributed by atoms with Crippen LogP contribution >= 0.6 is 0 Å². The molecule has 26 heavy (non-hydrogen) atoms. The van der Waals surface area contributed by atoms with E-state index in [1.165, 1.54) is 25.7 Å². The van der Waals surface area contributed by atoms with Gasteiger partial charge in [-0.1, -0.05) is 32.6 Å². The van der Waals surface area contributed by atoms with E-state index in [0.29, 0.717) is 18.6 Å². The summed E-state index contributed by atoms with van der Waals surface area (Å²) in [7, 11) is 0. The minimum atomic E-state index is -0.883. The average molecular weight is 366 g/mol. The predicted octanol–water partition coefficient (Wildman–Crippen LogP) is 5.32. The molecule has 2 atom stereocenters. The molecule has 3 heteroatoms. The first kappa shape index (κ1) is 21.7. The lowest BCUT2D eigenvalue weighted by Crippen LogP contribution is -2.47. The molecular weight excluding hydrogens is 325 g/mol. The molecule has 0 aromatic carbocycles. The van der Waals surface area contributed by atoms with E-state index < -0.39 is 6.17 Å². The fourth-order valence-electron chi connectivity index (χ4n) is 4.33. The van der Waals surface area contributed by atoms with Gasteiger partial charge in [-0.05, 0) is 70.1 Å². The Morgan fingerprint density at radius 2 is 1.65 bits per heavy atom. The van der Waals surface area contributed by atoms with E-state index in [-0.39, 0.29) is 11.5 Å². The van der Waals surface area contributed by atoms with Crippen LogP contribution in [-0.2, 0) is 4.74 Å². The molecule has 0 bridgehead atoms. The first-order valence-corrected chi connectivity index (χ1v) is 10.5. The van der Waals surface area contributed by atoms with Crippen LogP contribution in [0.25, 0.3) is 0 Å². The van der Waals surface area contributed by atoms with E-state index in [4.69, 9.17) is 4.74 Å². The van der Waals surface area contributed by atoms with Crippen molar-refractivity contribution in [1.29, 1.82) is 0 Å². The smallest absolute Gasteiger partial charge is 0.139 e. The maximum Gasteiger partial charge on any atom is 0.139 e. The molecule has 1 saturated carbocycles. The molecule has 0 N–H and O–H groups in total. The van der Waals surface area contributed by atoms with Gasteiger partial charge in [0.15, 0.2) is 0 Å². The lowest BCUT2D eigenvalue weighted by Gasteiger charge is -2.40. The molecule has 0 amide bonds. The SMILES string of the molecule is CC(C)(C)C#CCO[C@H]1CCN(CC2CCC(C(C)(C)C)CC2)C[C@H]1F. The van der Waals surface area contributed by atoms with Crippen LogP contribution in [0.4, 0.5) is 4.39 Å². The van der Waals surface area contributed by atoms with Gasteiger partial charge in [-0.25, -0.2) is 4.39 Å². The van der Waals surface area contributed by atoms with Crippen molar-refractivity contribution in [3.63, 3.8) is 0 Å². The van der Waals surface area contributed by atoms with E-state index in [1.54, 1.807) is 0 Å². The minimum Gasteiger partial charge on any atom is -0.362 e. The quantitative estimate of drug-likeness (QED) is 0.625. The standard InChI is InChI=1S/C23H40FNO/c1-22(2,3)13-7-15-26-21-12-14-25(17-20(21)24)16-18-8-10-19(11-9-18)23(4,5)6/h18-21H,8-12,14-17H2,1-6H3/t18?,19?,20-,21+/m1/s1. The maximum atomic E-state index is 14.5. The lowest BCUT2D eigenvalue weighted by molar-refractivity contribution is -0.0386. The second-order valence-electron chi connectivity index (χ2n) is 10.5. The van der Waals surface area contributed by atoms with Gasteiger partial charge in [0.05, 0.1) is 6.10 Å². The Hall–Kier alpha value is -0.590. The van der Waals surface area contributed by atoms with Crippen LogP contribution < -0.4 is 0 Å². The molecule has 2 nitrogen and oxygen atoms in total. The van der Waals surface area contributed by atoms with Gasteiger partial charge >= 0.3 is 0 Å². The zero-order chi connectivity index (χ0) is 19.4. The van der Waals surface area contributed by atoms with Crippen molar-refractivity contribution in [3.8, 4) is 11.8 Å². The van der Waals surface area contributed by atoms with Gasteiger partial charge in [0, 0.05) is 25.0 Å².